The summed E-state index contributed by atoms with van der Waals surface area (Å²) in [5, 5.41) is 10.6. The van der Waals surface area contributed by atoms with Crippen LogP contribution in [-0.4, -0.2) is 45.4 Å². The van der Waals surface area contributed by atoms with Crippen LogP contribution in [0.25, 0.3) is 0 Å². The van der Waals surface area contributed by atoms with Gasteiger partial charge in [0.05, 0.1) is 12.2 Å². The summed E-state index contributed by atoms with van der Waals surface area (Å²) in [6.45, 7) is 17.9. The van der Waals surface area contributed by atoms with E-state index in [4.69, 9.17) is 9.16 Å². The van der Waals surface area contributed by atoms with Crippen molar-refractivity contribution in [2.24, 2.45) is 0 Å². The Balaban J connectivity index is 2.16. The van der Waals surface area contributed by atoms with Crippen molar-refractivity contribution >= 4 is 16.4 Å². The minimum absolute atomic E-state index is 0.00988. The molecule has 0 aromatic rings. The summed E-state index contributed by atoms with van der Waals surface area (Å²) in [7, 11) is -3.29. The Morgan fingerprint density at radius 2 is 1.73 bits per heavy atom. The molecule has 1 heterocycles. The smallest absolute Gasteiger partial charge is 0.192 e. The van der Waals surface area contributed by atoms with Crippen molar-refractivity contribution in [3.63, 3.8) is 0 Å². The highest BCUT2D eigenvalue weighted by Crippen LogP contribution is 2.53. The van der Waals surface area contributed by atoms with Gasteiger partial charge in [0.15, 0.2) is 20.0 Å². The summed E-state index contributed by atoms with van der Waals surface area (Å²) in [6, 6.07) is 0. The lowest BCUT2D eigenvalue weighted by Gasteiger charge is -2.39. The molecule has 22 heavy (non-hydrogen) atoms. The van der Waals surface area contributed by atoms with Gasteiger partial charge in [-0.05, 0) is 31.0 Å². The van der Waals surface area contributed by atoms with Crippen LogP contribution in [0.1, 0.15) is 33.6 Å². The van der Waals surface area contributed by atoms with Crippen molar-refractivity contribution in [2.75, 3.05) is 0 Å². The molecule has 0 aromatic carbocycles. The Morgan fingerprint density at radius 1 is 1.14 bits per heavy atom. The second-order valence-corrected chi connectivity index (χ2v) is 18.8. The number of aliphatic hydroxyl groups excluding tert-OH is 1. The Bertz CT molecular complexity index is 493. The van der Waals surface area contributed by atoms with Crippen molar-refractivity contribution in [2.45, 2.75) is 95.3 Å². The van der Waals surface area contributed by atoms with Gasteiger partial charge in [-0.1, -0.05) is 46.3 Å². The van der Waals surface area contributed by atoms with Crippen LogP contribution in [0, 0.1) is 11.5 Å². The van der Waals surface area contributed by atoms with E-state index in [9.17, 15) is 5.11 Å². The molecule has 5 heteroatoms. The van der Waals surface area contributed by atoms with Crippen LogP contribution in [0.15, 0.2) is 0 Å². The highest BCUT2D eigenvalue weighted by Gasteiger charge is 2.69. The van der Waals surface area contributed by atoms with Gasteiger partial charge < -0.3 is 14.3 Å². The van der Waals surface area contributed by atoms with Crippen molar-refractivity contribution in [1.82, 2.24) is 0 Å². The molecule has 0 bridgehead atoms. The fraction of sp³-hybridized carbons (Fsp3) is 0.882. The van der Waals surface area contributed by atoms with Crippen LogP contribution in [0.2, 0.25) is 37.8 Å². The normalized spacial score (nSPS) is 35.4. The van der Waals surface area contributed by atoms with Crippen LogP contribution >= 0.6 is 0 Å². The summed E-state index contributed by atoms with van der Waals surface area (Å²) < 4.78 is 12.5. The van der Waals surface area contributed by atoms with Crippen molar-refractivity contribution < 1.29 is 14.3 Å². The van der Waals surface area contributed by atoms with E-state index in [1.807, 2.05) is 0 Å². The molecule has 4 atom stereocenters. The Labute approximate surface area is 137 Å². The third-order valence-electron chi connectivity index (χ3n) is 5.22. The predicted molar refractivity (Wildman–Crippen MR) is 96.0 cm³/mol. The summed E-state index contributed by atoms with van der Waals surface area (Å²) in [6.07, 6.45) is 1.03. The van der Waals surface area contributed by atoms with Crippen LogP contribution in [0.5, 0.6) is 0 Å². The minimum atomic E-state index is -1.87. The first kappa shape index (κ1) is 18.2. The first-order valence-electron chi connectivity index (χ1n) is 8.36. The van der Waals surface area contributed by atoms with Crippen LogP contribution in [0.3, 0.4) is 0 Å². The monoisotopic (exact) mass is 340 g/mol. The van der Waals surface area contributed by atoms with Crippen molar-refractivity contribution in [3.05, 3.63) is 0 Å². The van der Waals surface area contributed by atoms with E-state index in [0.29, 0.717) is 0 Å². The molecular formula is C17H32O3Si2. The van der Waals surface area contributed by atoms with Gasteiger partial charge in [-0.25, -0.2) is 0 Å². The third kappa shape index (κ3) is 3.36. The first-order chi connectivity index (χ1) is 9.80. The lowest BCUT2D eigenvalue weighted by Crippen LogP contribution is -2.49. The fourth-order valence-corrected chi connectivity index (χ4v) is 4.68. The highest BCUT2D eigenvalue weighted by molar-refractivity contribution is 6.83. The number of hydrogen-bond donors (Lipinski definition) is 1. The molecule has 0 radical (unpaired) electrons. The van der Waals surface area contributed by atoms with Crippen molar-refractivity contribution in [3.8, 4) is 11.5 Å². The lowest BCUT2D eigenvalue weighted by atomic mass is 10.00. The fourth-order valence-electron chi connectivity index (χ4n) is 2.75. The van der Waals surface area contributed by atoms with Gasteiger partial charge >= 0.3 is 0 Å². The molecule has 1 N–H and O–H groups in total. The van der Waals surface area contributed by atoms with Gasteiger partial charge in [0.1, 0.15) is 8.07 Å². The Hall–Kier alpha value is -0.126. The second kappa shape index (κ2) is 5.46. The molecule has 126 valence electrons. The molecule has 0 aromatic heterocycles. The van der Waals surface area contributed by atoms with Gasteiger partial charge in [-0.15, -0.1) is 5.54 Å². The van der Waals surface area contributed by atoms with E-state index in [0.717, 1.165) is 12.8 Å². The Morgan fingerprint density at radius 3 is 2.23 bits per heavy atom. The van der Waals surface area contributed by atoms with Crippen LogP contribution in [-0.2, 0) is 9.16 Å². The maximum absolute atomic E-state index is 10.4. The number of aliphatic hydroxyl groups is 1. The number of hydrogen-bond acceptors (Lipinski definition) is 3. The topological polar surface area (TPSA) is 42.0 Å². The lowest BCUT2D eigenvalue weighted by molar-refractivity contribution is 0.0390. The molecule has 0 unspecified atom stereocenters. The maximum atomic E-state index is 10.4. The van der Waals surface area contributed by atoms with Crippen molar-refractivity contribution in [1.29, 1.82) is 0 Å². The molecule has 3 nitrogen and oxygen atoms in total. The van der Waals surface area contributed by atoms with Gasteiger partial charge in [0.2, 0.25) is 0 Å². The number of ether oxygens (including phenoxy) is 1. The quantitative estimate of drug-likeness (QED) is 0.475. The molecule has 1 saturated heterocycles. The maximum Gasteiger partial charge on any atom is 0.192 e. The average Bonchev–Trinajstić information content (AvgIpc) is 2.97. The molecule has 1 aliphatic heterocycles. The molecule has 1 aliphatic carbocycles. The molecule has 2 aliphatic rings. The van der Waals surface area contributed by atoms with E-state index in [2.05, 4.69) is 65.0 Å². The van der Waals surface area contributed by atoms with Crippen LogP contribution in [0.4, 0.5) is 0 Å². The molecule has 1 saturated carbocycles. The van der Waals surface area contributed by atoms with Gasteiger partial charge in [-0.3, -0.25) is 0 Å². The van der Waals surface area contributed by atoms with E-state index < -0.39 is 28.1 Å². The van der Waals surface area contributed by atoms with Gasteiger partial charge in [-0.2, -0.15) is 0 Å². The SMILES string of the molecule is CC(C)(C)[Si](C)(C)O[C@@H]1CC[C@H](O)[C@]12O[C@H]2C#C[Si](C)(C)C. The first-order valence-corrected chi connectivity index (χ1v) is 14.8. The number of rotatable bonds is 2. The summed E-state index contributed by atoms with van der Waals surface area (Å²) in [5.41, 5.74) is 2.82. The largest absolute Gasteiger partial charge is 0.411 e. The highest BCUT2D eigenvalue weighted by atomic mass is 28.4. The zero-order valence-corrected chi connectivity index (χ0v) is 17.4. The zero-order valence-electron chi connectivity index (χ0n) is 15.4. The summed E-state index contributed by atoms with van der Waals surface area (Å²) >= 11 is 0. The van der Waals surface area contributed by atoms with Crippen LogP contribution < -0.4 is 0 Å². The molecular weight excluding hydrogens is 308 g/mol. The van der Waals surface area contributed by atoms with E-state index >= 15 is 0 Å². The van der Waals surface area contributed by atoms with E-state index in [1.165, 1.54) is 0 Å². The third-order valence-corrected chi connectivity index (χ3v) is 10.6. The van der Waals surface area contributed by atoms with E-state index in [1.54, 1.807) is 0 Å². The predicted octanol–water partition coefficient (Wildman–Crippen LogP) is 3.55. The van der Waals surface area contributed by atoms with Gasteiger partial charge in [0.25, 0.3) is 0 Å². The second-order valence-electron chi connectivity index (χ2n) is 9.33. The number of epoxide rings is 1. The average molecular weight is 341 g/mol. The molecule has 2 fully saturated rings. The molecule has 0 amide bonds. The van der Waals surface area contributed by atoms with E-state index in [-0.39, 0.29) is 17.2 Å². The molecule has 1 spiro atoms. The van der Waals surface area contributed by atoms with Gasteiger partial charge in [0, 0.05) is 0 Å². The standard InChI is InChI=1S/C17H32O3Si2/c1-16(2,3)22(7,8)20-15-10-9-13(18)17(15)14(19-17)11-12-21(4,5)6/h13-15,18H,9-10H2,1-8H3/t13-,14-,15+,17+/m0/s1. The zero-order chi connectivity index (χ0) is 17.0. The Kier molecular flexibility index (Phi) is 4.52. The summed E-state index contributed by atoms with van der Waals surface area (Å²) in [5.74, 6) is 3.28. The summed E-state index contributed by atoms with van der Waals surface area (Å²) in [4.78, 5) is 0. The minimum Gasteiger partial charge on any atom is -0.411 e. The molecule has 2 rings (SSSR count).